The minimum Gasteiger partial charge on any atom is -0.495 e. The van der Waals surface area contributed by atoms with Gasteiger partial charge in [0.15, 0.2) is 0 Å². The number of methoxy groups -OCH3 is 1. The largest absolute Gasteiger partial charge is 0.495 e. The fourth-order valence-electron chi connectivity index (χ4n) is 4.66. The number of hydrogen-bond acceptors (Lipinski definition) is 5. The molecule has 36 heavy (non-hydrogen) atoms. The Hall–Kier alpha value is -3.52. The van der Waals surface area contributed by atoms with Crippen LogP contribution in [0, 0.1) is 0 Å². The molecule has 1 amide bonds. The first kappa shape index (κ1) is 25.6. The molecular weight excluding hydrogens is 476 g/mol. The molecule has 4 rings (SSSR count). The Kier molecular flexibility index (Phi) is 7.54. The first-order valence-corrected chi connectivity index (χ1v) is 13.6. The molecule has 1 atom stereocenters. The monoisotopic (exact) mass is 508 g/mol. The van der Waals surface area contributed by atoms with Gasteiger partial charge in [0.1, 0.15) is 23.6 Å². The standard InChI is InChI=1S/C28H32N2O5S/c1-4-28(5-2)19-23(22-15-9-11-17-25(22)35-28)29-27(31)20-30(24-16-10-12-18-26(24)34-3)36(32,33)21-13-7-6-8-14-21/h6-18,23H,4-5,19-20H2,1-3H3,(H,29,31). The second kappa shape index (κ2) is 10.6. The third kappa shape index (κ3) is 5.04. The molecule has 0 radical (unpaired) electrons. The van der Waals surface area contributed by atoms with E-state index in [2.05, 4.69) is 19.2 Å². The van der Waals surface area contributed by atoms with Crippen LogP contribution in [0.3, 0.4) is 0 Å². The maximum Gasteiger partial charge on any atom is 0.264 e. The maximum atomic E-state index is 13.7. The van der Waals surface area contributed by atoms with Gasteiger partial charge in [-0.1, -0.05) is 62.4 Å². The quantitative estimate of drug-likeness (QED) is 0.435. The Morgan fingerprint density at radius 3 is 2.33 bits per heavy atom. The summed E-state index contributed by atoms with van der Waals surface area (Å²) in [6.07, 6.45) is 2.18. The molecule has 0 spiro atoms. The van der Waals surface area contributed by atoms with E-state index in [1.54, 1.807) is 42.5 Å². The summed E-state index contributed by atoms with van der Waals surface area (Å²) in [6.45, 7) is 3.75. The fourth-order valence-corrected chi connectivity index (χ4v) is 6.11. The van der Waals surface area contributed by atoms with Crippen molar-refractivity contribution >= 4 is 21.6 Å². The Bertz CT molecular complexity index is 1310. The van der Waals surface area contributed by atoms with E-state index in [9.17, 15) is 13.2 Å². The molecule has 1 unspecified atom stereocenters. The number of carbonyl (C=O) groups is 1. The zero-order valence-corrected chi connectivity index (χ0v) is 21.6. The molecule has 1 aliphatic rings. The second-order valence-corrected chi connectivity index (χ2v) is 10.7. The summed E-state index contributed by atoms with van der Waals surface area (Å²) >= 11 is 0. The van der Waals surface area contributed by atoms with E-state index in [0.29, 0.717) is 17.9 Å². The SMILES string of the molecule is CCC1(CC)CC(NC(=O)CN(c2ccccc2OC)S(=O)(=O)c2ccccc2)c2ccccc2O1. The van der Waals surface area contributed by atoms with Gasteiger partial charge < -0.3 is 14.8 Å². The van der Waals surface area contributed by atoms with Crippen molar-refractivity contribution in [2.24, 2.45) is 0 Å². The molecule has 1 aliphatic heterocycles. The number of benzene rings is 3. The first-order chi connectivity index (χ1) is 17.3. The number of amides is 1. The van der Waals surface area contributed by atoms with Crippen LogP contribution < -0.4 is 19.1 Å². The molecule has 0 saturated carbocycles. The van der Waals surface area contributed by atoms with Crippen LogP contribution in [0.5, 0.6) is 11.5 Å². The molecule has 8 heteroatoms. The Balaban J connectivity index is 1.68. The van der Waals surface area contributed by atoms with Crippen molar-refractivity contribution in [2.45, 2.75) is 49.6 Å². The van der Waals surface area contributed by atoms with Gasteiger partial charge in [-0.15, -0.1) is 0 Å². The molecule has 1 heterocycles. The molecule has 0 fully saturated rings. The average molecular weight is 509 g/mol. The van der Waals surface area contributed by atoms with Crippen molar-refractivity contribution < 1.29 is 22.7 Å². The van der Waals surface area contributed by atoms with Crippen molar-refractivity contribution in [3.05, 3.63) is 84.4 Å². The highest BCUT2D eigenvalue weighted by Gasteiger charge is 2.39. The van der Waals surface area contributed by atoms with Gasteiger partial charge in [-0.25, -0.2) is 8.42 Å². The number of fused-ring (bicyclic) bond motifs is 1. The van der Waals surface area contributed by atoms with Crippen LogP contribution in [0.4, 0.5) is 5.69 Å². The lowest BCUT2D eigenvalue weighted by Crippen LogP contribution is -2.47. The van der Waals surface area contributed by atoms with Crippen LogP contribution in [-0.2, 0) is 14.8 Å². The van der Waals surface area contributed by atoms with E-state index in [4.69, 9.17) is 9.47 Å². The molecule has 0 aromatic heterocycles. The highest BCUT2D eigenvalue weighted by Crippen LogP contribution is 2.42. The van der Waals surface area contributed by atoms with Crippen LogP contribution in [0.1, 0.15) is 44.7 Å². The molecular formula is C28H32N2O5S. The third-order valence-electron chi connectivity index (χ3n) is 6.79. The lowest BCUT2D eigenvalue weighted by atomic mass is 9.83. The summed E-state index contributed by atoms with van der Waals surface area (Å²) in [6, 6.07) is 22.2. The zero-order chi connectivity index (χ0) is 25.8. The van der Waals surface area contributed by atoms with Gasteiger partial charge in [-0.05, 0) is 43.2 Å². The molecule has 0 bridgehead atoms. The molecule has 3 aromatic carbocycles. The first-order valence-electron chi connectivity index (χ1n) is 12.1. The zero-order valence-electron chi connectivity index (χ0n) is 20.8. The van der Waals surface area contributed by atoms with Crippen LogP contribution in [0.25, 0.3) is 0 Å². The van der Waals surface area contributed by atoms with E-state index in [1.165, 1.54) is 19.2 Å². The highest BCUT2D eigenvalue weighted by molar-refractivity contribution is 7.92. The Morgan fingerprint density at radius 1 is 1.00 bits per heavy atom. The topological polar surface area (TPSA) is 84.9 Å². The van der Waals surface area contributed by atoms with Crippen molar-refractivity contribution in [3.8, 4) is 11.5 Å². The summed E-state index contributed by atoms with van der Waals surface area (Å²) < 4.78 is 40.3. The lowest BCUT2D eigenvalue weighted by molar-refractivity contribution is -0.121. The molecule has 0 aliphatic carbocycles. The van der Waals surface area contributed by atoms with Crippen molar-refractivity contribution in [1.82, 2.24) is 5.32 Å². The Labute approximate surface area is 213 Å². The van der Waals surface area contributed by atoms with E-state index < -0.39 is 28.1 Å². The van der Waals surface area contributed by atoms with Crippen molar-refractivity contribution in [2.75, 3.05) is 18.0 Å². The van der Waals surface area contributed by atoms with E-state index in [0.717, 1.165) is 28.5 Å². The van der Waals surface area contributed by atoms with Crippen LogP contribution in [0.15, 0.2) is 83.8 Å². The van der Waals surface area contributed by atoms with Crippen molar-refractivity contribution in [1.29, 1.82) is 0 Å². The van der Waals surface area contributed by atoms with Crippen molar-refractivity contribution in [3.63, 3.8) is 0 Å². The van der Waals surface area contributed by atoms with Gasteiger partial charge in [0.05, 0.1) is 23.7 Å². The number of nitrogens with one attached hydrogen (secondary N) is 1. The molecule has 7 nitrogen and oxygen atoms in total. The number of para-hydroxylation sites is 3. The summed E-state index contributed by atoms with van der Waals surface area (Å²) in [5.41, 5.74) is 0.783. The van der Waals surface area contributed by atoms with Gasteiger partial charge in [0.25, 0.3) is 10.0 Å². The lowest BCUT2D eigenvalue weighted by Gasteiger charge is -2.41. The average Bonchev–Trinajstić information content (AvgIpc) is 2.92. The predicted molar refractivity (Wildman–Crippen MR) is 140 cm³/mol. The number of ether oxygens (including phenoxy) is 2. The van der Waals surface area contributed by atoms with Gasteiger partial charge in [-0.2, -0.15) is 0 Å². The summed E-state index contributed by atoms with van der Waals surface area (Å²) in [7, 11) is -2.57. The number of anilines is 1. The normalized spacial score (nSPS) is 16.4. The minimum absolute atomic E-state index is 0.0936. The summed E-state index contributed by atoms with van der Waals surface area (Å²) in [5, 5.41) is 3.09. The number of rotatable bonds is 9. The molecule has 1 N–H and O–H groups in total. The summed E-state index contributed by atoms with van der Waals surface area (Å²) in [4.78, 5) is 13.6. The van der Waals surface area contributed by atoms with E-state index >= 15 is 0 Å². The predicted octanol–water partition coefficient (Wildman–Crippen LogP) is 5.09. The summed E-state index contributed by atoms with van der Waals surface area (Å²) in [5.74, 6) is 0.691. The number of sulfonamides is 1. The number of hydrogen-bond donors (Lipinski definition) is 1. The highest BCUT2D eigenvalue weighted by atomic mass is 32.2. The number of nitrogens with zero attached hydrogens (tertiary/aromatic N) is 1. The maximum absolute atomic E-state index is 13.7. The van der Waals surface area contributed by atoms with Gasteiger partial charge >= 0.3 is 0 Å². The van der Waals surface area contributed by atoms with Crippen LogP contribution in [-0.4, -0.2) is 33.6 Å². The Morgan fingerprint density at radius 2 is 1.64 bits per heavy atom. The fraction of sp³-hybridized carbons (Fsp3) is 0.321. The van der Waals surface area contributed by atoms with Crippen LogP contribution >= 0.6 is 0 Å². The van der Waals surface area contributed by atoms with Gasteiger partial charge in [0, 0.05) is 12.0 Å². The van der Waals surface area contributed by atoms with Crippen LogP contribution in [0.2, 0.25) is 0 Å². The smallest absolute Gasteiger partial charge is 0.264 e. The second-order valence-electron chi connectivity index (χ2n) is 8.85. The molecule has 190 valence electrons. The minimum atomic E-state index is -4.05. The van der Waals surface area contributed by atoms with E-state index in [-0.39, 0.29) is 10.9 Å². The van der Waals surface area contributed by atoms with E-state index in [1.807, 2.05) is 24.3 Å². The van der Waals surface area contributed by atoms with Gasteiger partial charge in [-0.3, -0.25) is 9.10 Å². The molecule has 3 aromatic rings. The third-order valence-corrected chi connectivity index (χ3v) is 8.57. The van der Waals surface area contributed by atoms with Gasteiger partial charge in [0.2, 0.25) is 5.91 Å². The number of carbonyl (C=O) groups excluding carboxylic acids is 1. The molecule has 0 saturated heterocycles.